The number of aromatic carboxylic acids is 1. The third kappa shape index (κ3) is 3.20. The first-order chi connectivity index (χ1) is 14.3. The topological polar surface area (TPSA) is 86.1 Å². The molecule has 2 aromatic carbocycles. The van der Waals surface area contributed by atoms with Crippen LogP contribution in [0.4, 0.5) is 14.6 Å². The lowest BCUT2D eigenvalue weighted by molar-refractivity contribution is 0.0691. The number of aromatic nitrogens is 3. The molecule has 4 rings (SSSR count). The summed E-state index contributed by atoms with van der Waals surface area (Å²) in [5.41, 5.74) is 6.57. The van der Waals surface area contributed by atoms with Gasteiger partial charge in [-0.2, -0.15) is 5.10 Å². The van der Waals surface area contributed by atoms with Crippen LogP contribution in [0.15, 0.2) is 52.5 Å². The van der Waals surface area contributed by atoms with E-state index in [9.17, 15) is 14.3 Å². The Morgan fingerprint density at radius 3 is 2.70 bits per heavy atom. The third-order valence-electron chi connectivity index (χ3n) is 4.62. The van der Waals surface area contributed by atoms with Crippen LogP contribution in [0.3, 0.4) is 0 Å². The summed E-state index contributed by atoms with van der Waals surface area (Å²) in [6.07, 6.45) is 3.25. The molecule has 3 N–H and O–H groups in total. The van der Waals surface area contributed by atoms with Crippen molar-refractivity contribution in [3.05, 3.63) is 64.9 Å². The number of halogens is 3. The number of nitrogen functional groups attached to an aromatic ring is 1. The van der Waals surface area contributed by atoms with E-state index in [1.165, 1.54) is 28.8 Å². The van der Waals surface area contributed by atoms with Gasteiger partial charge in [-0.1, -0.05) is 29.4 Å². The molecule has 0 aliphatic carbocycles. The van der Waals surface area contributed by atoms with E-state index < -0.39 is 23.2 Å². The number of hydrogen-bond donors (Lipinski definition) is 2. The highest BCUT2D eigenvalue weighted by atomic mass is 35.5. The van der Waals surface area contributed by atoms with Crippen molar-refractivity contribution < 1.29 is 18.7 Å². The predicted octanol–water partition coefficient (Wildman–Crippen LogP) is 5.21. The van der Waals surface area contributed by atoms with Gasteiger partial charge >= 0.3 is 5.97 Å². The van der Waals surface area contributed by atoms with Crippen molar-refractivity contribution in [3.8, 4) is 5.69 Å². The number of carboxylic acids is 1. The van der Waals surface area contributed by atoms with Gasteiger partial charge in [0.1, 0.15) is 5.82 Å². The quantitative estimate of drug-likeness (QED) is 0.437. The minimum absolute atomic E-state index is 0.0558. The van der Waals surface area contributed by atoms with Crippen LogP contribution in [0.2, 0.25) is 5.02 Å². The molecule has 0 bridgehead atoms. The molecule has 10 heteroatoms. The Balaban J connectivity index is 1.96. The van der Waals surface area contributed by atoms with Crippen LogP contribution in [-0.4, -0.2) is 25.4 Å². The predicted molar refractivity (Wildman–Crippen MR) is 112 cm³/mol. The van der Waals surface area contributed by atoms with Crippen LogP contribution < -0.4 is 5.73 Å². The summed E-state index contributed by atoms with van der Waals surface area (Å²) in [6, 6.07) is 7.04. The third-order valence-corrected chi connectivity index (χ3v) is 6.08. The van der Waals surface area contributed by atoms with Crippen molar-refractivity contribution >= 4 is 46.1 Å². The fourth-order valence-corrected chi connectivity index (χ4v) is 4.37. The van der Waals surface area contributed by atoms with E-state index in [1.54, 1.807) is 23.1 Å². The lowest BCUT2D eigenvalue weighted by Gasteiger charge is -2.07. The molecule has 4 aromatic rings. The molecule has 30 heavy (non-hydrogen) atoms. The van der Waals surface area contributed by atoms with Crippen molar-refractivity contribution in [2.45, 2.75) is 23.3 Å². The molecule has 0 fully saturated rings. The summed E-state index contributed by atoms with van der Waals surface area (Å²) in [5, 5.41) is 13.7. The molecule has 0 aliphatic heterocycles. The fraction of sp³-hybridized carbons (Fsp3) is 0.100. The van der Waals surface area contributed by atoms with Crippen LogP contribution in [0.25, 0.3) is 16.6 Å². The van der Waals surface area contributed by atoms with Gasteiger partial charge in [-0.25, -0.2) is 13.6 Å². The van der Waals surface area contributed by atoms with Crippen molar-refractivity contribution in [1.29, 1.82) is 0 Å². The summed E-state index contributed by atoms with van der Waals surface area (Å²) in [6.45, 7) is 2.52. The maximum atomic E-state index is 15.0. The molecule has 0 radical (unpaired) electrons. The molecule has 0 saturated heterocycles. The summed E-state index contributed by atoms with van der Waals surface area (Å²) in [4.78, 5) is 11.7. The second kappa shape index (κ2) is 7.66. The number of fused-ring (bicyclic) bond motifs is 1. The number of carbonyl (C=O) groups is 1. The molecular weight excluding hydrogens is 434 g/mol. The molecule has 0 saturated carbocycles. The second-order valence-electron chi connectivity index (χ2n) is 6.39. The Labute approximate surface area is 178 Å². The van der Waals surface area contributed by atoms with Gasteiger partial charge in [-0.05, 0) is 31.2 Å². The van der Waals surface area contributed by atoms with Gasteiger partial charge in [0, 0.05) is 23.0 Å². The second-order valence-corrected chi connectivity index (χ2v) is 7.85. The van der Waals surface area contributed by atoms with E-state index >= 15 is 4.39 Å². The number of carboxylic acid groups (broad SMARTS) is 1. The van der Waals surface area contributed by atoms with E-state index in [4.69, 9.17) is 17.3 Å². The molecule has 2 aromatic heterocycles. The first kappa shape index (κ1) is 20.2. The zero-order valence-electron chi connectivity index (χ0n) is 15.6. The number of hydrogen-bond acceptors (Lipinski definition) is 4. The average Bonchev–Trinajstić information content (AvgIpc) is 3.29. The highest BCUT2D eigenvalue weighted by Crippen LogP contribution is 2.44. The largest absolute Gasteiger partial charge is 0.478 e. The van der Waals surface area contributed by atoms with Gasteiger partial charge in [0.2, 0.25) is 0 Å². The minimum Gasteiger partial charge on any atom is -0.478 e. The number of aryl methyl sites for hydroxylation is 1. The van der Waals surface area contributed by atoms with Gasteiger partial charge in [-0.3, -0.25) is 9.25 Å². The van der Waals surface area contributed by atoms with Crippen LogP contribution in [0.1, 0.15) is 17.3 Å². The molecule has 0 amide bonds. The molecule has 0 unspecified atom stereocenters. The zero-order chi connectivity index (χ0) is 21.6. The SMILES string of the molecule is CCn1cc(-n2c(N)c(Sc3cccc(C(=O)O)c3F)c3ccc(Cl)c(F)c32)cn1. The van der Waals surface area contributed by atoms with Crippen molar-refractivity contribution in [1.82, 2.24) is 14.3 Å². The summed E-state index contributed by atoms with van der Waals surface area (Å²) in [5.74, 6) is -2.78. The summed E-state index contributed by atoms with van der Waals surface area (Å²) < 4.78 is 32.9. The van der Waals surface area contributed by atoms with Gasteiger partial charge < -0.3 is 10.8 Å². The van der Waals surface area contributed by atoms with E-state index in [-0.39, 0.29) is 21.3 Å². The lowest BCUT2D eigenvalue weighted by Crippen LogP contribution is -2.02. The molecule has 6 nitrogen and oxygen atoms in total. The Morgan fingerprint density at radius 1 is 1.27 bits per heavy atom. The van der Waals surface area contributed by atoms with Gasteiger partial charge in [0.15, 0.2) is 11.6 Å². The highest BCUT2D eigenvalue weighted by molar-refractivity contribution is 7.99. The first-order valence-corrected chi connectivity index (χ1v) is 10.0. The minimum atomic E-state index is -1.38. The standard InChI is InChI=1S/C20H15ClF2N4O2S/c1-2-26-9-10(8-25-26)27-17-12(6-7-13(21)16(17)23)18(19(27)24)30-14-5-3-4-11(15(14)22)20(28)29/h3-9H,2,24H2,1H3,(H,28,29). The maximum absolute atomic E-state index is 15.0. The van der Waals surface area contributed by atoms with Crippen LogP contribution in [0.5, 0.6) is 0 Å². The lowest BCUT2D eigenvalue weighted by atomic mass is 10.2. The molecular formula is C20H15ClF2N4O2S. The molecule has 0 spiro atoms. The van der Waals surface area contributed by atoms with Gasteiger partial charge in [0.25, 0.3) is 0 Å². The van der Waals surface area contributed by atoms with E-state index in [0.717, 1.165) is 11.8 Å². The van der Waals surface area contributed by atoms with E-state index in [2.05, 4.69) is 5.10 Å². The number of nitrogens with zero attached hydrogens (tertiary/aromatic N) is 3. The molecule has 0 atom stereocenters. The highest BCUT2D eigenvalue weighted by Gasteiger charge is 2.24. The smallest absolute Gasteiger partial charge is 0.338 e. The summed E-state index contributed by atoms with van der Waals surface area (Å²) in [7, 11) is 0. The Morgan fingerprint density at radius 2 is 2.03 bits per heavy atom. The summed E-state index contributed by atoms with van der Waals surface area (Å²) >= 11 is 6.92. The maximum Gasteiger partial charge on any atom is 0.338 e. The van der Waals surface area contributed by atoms with Crippen LogP contribution in [0, 0.1) is 11.6 Å². The number of rotatable bonds is 5. The van der Waals surface area contributed by atoms with Crippen molar-refractivity contribution in [2.24, 2.45) is 0 Å². The van der Waals surface area contributed by atoms with Crippen LogP contribution in [-0.2, 0) is 6.54 Å². The first-order valence-electron chi connectivity index (χ1n) is 8.83. The van der Waals surface area contributed by atoms with Crippen molar-refractivity contribution in [3.63, 3.8) is 0 Å². The molecule has 0 aliphatic rings. The number of benzene rings is 2. The Bertz CT molecular complexity index is 1300. The van der Waals surface area contributed by atoms with Crippen LogP contribution >= 0.6 is 23.4 Å². The molecule has 154 valence electrons. The van der Waals surface area contributed by atoms with Gasteiger partial charge in [0.05, 0.1) is 32.9 Å². The monoisotopic (exact) mass is 448 g/mol. The van der Waals surface area contributed by atoms with E-state index in [0.29, 0.717) is 22.5 Å². The zero-order valence-corrected chi connectivity index (χ0v) is 17.1. The van der Waals surface area contributed by atoms with E-state index in [1.807, 2.05) is 6.92 Å². The number of anilines is 1. The van der Waals surface area contributed by atoms with Crippen molar-refractivity contribution in [2.75, 3.05) is 5.73 Å². The fourth-order valence-electron chi connectivity index (χ4n) is 3.18. The Hall–Kier alpha value is -3.04. The Kier molecular flexibility index (Phi) is 5.17. The average molecular weight is 449 g/mol. The number of nitrogens with two attached hydrogens (primary N) is 1. The van der Waals surface area contributed by atoms with Gasteiger partial charge in [-0.15, -0.1) is 0 Å². The normalized spacial score (nSPS) is 11.3. The molecule has 2 heterocycles.